The molecule has 0 radical (unpaired) electrons. The Bertz CT molecular complexity index is 714. The van der Waals surface area contributed by atoms with Gasteiger partial charge in [-0.3, -0.25) is 4.79 Å². The van der Waals surface area contributed by atoms with Gasteiger partial charge in [-0.15, -0.1) is 11.3 Å². The van der Waals surface area contributed by atoms with Crippen molar-refractivity contribution in [2.24, 2.45) is 0 Å². The quantitative estimate of drug-likeness (QED) is 0.875. The van der Waals surface area contributed by atoms with Crippen LogP contribution >= 0.6 is 11.3 Å². The zero-order chi connectivity index (χ0) is 14.4. The lowest BCUT2D eigenvalue weighted by atomic mass is 9.76. The number of nitrogens with one attached hydrogen (secondary N) is 1. The number of aryl methyl sites for hydroxylation is 1. The lowest BCUT2D eigenvalue weighted by Gasteiger charge is -2.39. The van der Waals surface area contributed by atoms with Crippen molar-refractivity contribution in [1.29, 1.82) is 0 Å². The third kappa shape index (κ3) is 2.00. The molecule has 1 aliphatic carbocycles. The second-order valence-corrected chi connectivity index (χ2v) is 6.93. The highest BCUT2D eigenvalue weighted by Gasteiger charge is 2.44. The van der Waals surface area contributed by atoms with Gasteiger partial charge < -0.3 is 9.88 Å². The average Bonchev–Trinajstić information content (AvgIpc) is 3.10. The van der Waals surface area contributed by atoms with Crippen LogP contribution in [0.4, 0.5) is 5.13 Å². The lowest BCUT2D eigenvalue weighted by Crippen LogP contribution is -2.42. The fourth-order valence-corrected chi connectivity index (χ4v) is 4.45. The number of piperidine rings is 1. The van der Waals surface area contributed by atoms with Crippen LogP contribution in [0.15, 0.2) is 16.4 Å². The molecule has 1 saturated heterocycles. The van der Waals surface area contributed by atoms with Gasteiger partial charge in [0.25, 0.3) is 5.56 Å². The van der Waals surface area contributed by atoms with Crippen LogP contribution in [0.1, 0.15) is 36.3 Å². The van der Waals surface area contributed by atoms with Gasteiger partial charge in [0, 0.05) is 35.6 Å². The third-order valence-electron chi connectivity index (χ3n) is 4.90. The minimum absolute atomic E-state index is 0.0664. The van der Waals surface area contributed by atoms with Gasteiger partial charge in [-0.2, -0.15) is 0 Å². The van der Waals surface area contributed by atoms with Crippen LogP contribution in [0.5, 0.6) is 0 Å². The molecule has 5 nitrogen and oxygen atoms in total. The van der Waals surface area contributed by atoms with Gasteiger partial charge >= 0.3 is 0 Å². The van der Waals surface area contributed by atoms with Crippen molar-refractivity contribution >= 4 is 16.5 Å². The number of rotatable bonds is 1. The average molecular weight is 302 g/mol. The molecule has 0 unspecified atom stereocenters. The van der Waals surface area contributed by atoms with Gasteiger partial charge in [-0.05, 0) is 32.6 Å². The van der Waals surface area contributed by atoms with Crippen LogP contribution in [-0.4, -0.2) is 28.0 Å². The highest BCUT2D eigenvalue weighted by atomic mass is 32.1. The van der Waals surface area contributed by atoms with Crippen molar-refractivity contribution in [3.63, 3.8) is 0 Å². The summed E-state index contributed by atoms with van der Waals surface area (Å²) in [5, 5.41) is 3.13. The highest BCUT2D eigenvalue weighted by Crippen LogP contribution is 2.44. The molecule has 1 aliphatic heterocycles. The maximum absolute atomic E-state index is 12.1. The van der Waals surface area contributed by atoms with E-state index in [0.717, 1.165) is 61.0 Å². The molecule has 1 spiro atoms. The molecule has 0 atom stereocenters. The zero-order valence-electron chi connectivity index (χ0n) is 12.1. The molecule has 4 rings (SSSR count). The number of hydrogen-bond acceptors (Lipinski definition) is 5. The summed E-state index contributed by atoms with van der Waals surface area (Å²) in [4.78, 5) is 26.4. The number of H-pyrrole nitrogens is 1. The number of fused-ring (bicyclic) bond motifs is 2. The van der Waals surface area contributed by atoms with E-state index < -0.39 is 0 Å². The number of aromatic nitrogens is 3. The summed E-state index contributed by atoms with van der Waals surface area (Å²) in [6, 6.07) is 0. The monoisotopic (exact) mass is 302 g/mol. The van der Waals surface area contributed by atoms with Gasteiger partial charge in [0.05, 0.1) is 5.69 Å². The standard InChI is InChI=1S/C15H18N4OS/c1-10-17-12-11(13(20)18-10)2-3-15(12)4-7-19(8-5-15)14-16-6-9-21-14/h6,9H,2-5,7-8H2,1H3,(H,17,18,20). The Labute approximate surface area is 127 Å². The minimum Gasteiger partial charge on any atom is -0.348 e. The molecule has 1 fully saturated rings. The Kier molecular flexibility index (Phi) is 2.89. The molecule has 0 bridgehead atoms. The summed E-state index contributed by atoms with van der Waals surface area (Å²) in [7, 11) is 0. The fourth-order valence-electron chi connectivity index (χ4n) is 3.75. The van der Waals surface area contributed by atoms with Crippen LogP contribution in [0.2, 0.25) is 0 Å². The Morgan fingerprint density at radius 2 is 2.14 bits per heavy atom. The molecule has 2 aromatic heterocycles. The maximum Gasteiger partial charge on any atom is 0.254 e. The normalized spacial score (nSPS) is 20.0. The summed E-state index contributed by atoms with van der Waals surface area (Å²) in [6.45, 7) is 3.87. The van der Waals surface area contributed by atoms with Crippen LogP contribution in [0.3, 0.4) is 0 Å². The van der Waals surface area contributed by atoms with Gasteiger partial charge in [-0.25, -0.2) is 9.97 Å². The first-order valence-corrected chi connectivity index (χ1v) is 8.31. The molecule has 2 aromatic rings. The molecule has 1 N–H and O–H groups in total. The summed E-state index contributed by atoms with van der Waals surface area (Å²) < 4.78 is 0. The number of thiazole rings is 1. The van der Waals surface area contributed by atoms with Gasteiger partial charge in [0.2, 0.25) is 0 Å². The predicted molar refractivity (Wildman–Crippen MR) is 83.2 cm³/mol. The van der Waals surface area contributed by atoms with E-state index in [0.29, 0.717) is 0 Å². The zero-order valence-corrected chi connectivity index (χ0v) is 12.9. The lowest BCUT2D eigenvalue weighted by molar-refractivity contribution is 0.322. The molecule has 2 aliphatic rings. The van der Waals surface area contributed by atoms with Crippen molar-refractivity contribution in [2.75, 3.05) is 18.0 Å². The van der Waals surface area contributed by atoms with Crippen molar-refractivity contribution < 1.29 is 0 Å². The Morgan fingerprint density at radius 3 is 2.86 bits per heavy atom. The highest BCUT2D eigenvalue weighted by molar-refractivity contribution is 7.13. The Morgan fingerprint density at radius 1 is 1.33 bits per heavy atom. The predicted octanol–water partition coefficient (Wildman–Crippen LogP) is 2.02. The summed E-state index contributed by atoms with van der Waals surface area (Å²) in [5.74, 6) is 0.738. The molecule has 0 amide bonds. The largest absolute Gasteiger partial charge is 0.348 e. The first-order valence-electron chi connectivity index (χ1n) is 7.43. The van der Waals surface area contributed by atoms with Crippen molar-refractivity contribution in [2.45, 2.75) is 38.0 Å². The summed E-state index contributed by atoms with van der Waals surface area (Å²) >= 11 is 1.70. The Balaban J connectivity index is 1.64. The van der Waals surface area contributed by atoms with E-state index in [-0.39, 0.29) is 11.0 Å². The maximum atomic E-state index is 12.1. The number of aromatic amines is 1. The SMILES string of the molecule is Cc1nc2c(c(=O)[nH]1)CCC21CCN(c2nccs2)CC1. The summed E-state index contributed by atoms with van der Waals surface area (Å²) in [6.07, 6.45) is 5.92. The van der Waals surface area contributed by atoms with E-state index in [9.17, 15) is 4.79 Å². The van der Waals surface area contributed by atoms with E-state index in [4.69, 9.17) is 4.98 Å². The second-order valence-electron chi connectivity index (χ2n) is 6.06. The molecule has 6 heteroatoms. The van der Waals surface area contributed by atoms with E-state index >= 15 is 0 Å². The van der Waals surface area contributed by atoms with E-state index in [2.05, 4.69) is 14.9 Å². The molecule has 21 heavy (non-hydrogen) atoms. The minimum atomic E-state index is 0.0664. The Hall–Kier alpha value is -1.69. The molecule has 110 valence electrons. The van der Waals surface area contributed by atoms with E-state index in [1.54, 1.807) is 11.3 Å². The van der Waals surface area contributed by atoms with Gasteiger partial charge in [0.15, 0.2) is 5.13 Å². The molecular weight excluding hydrogens is 284 g/mol. The van der Waals surface area contributed by atoms with E-state index in [1.165, 1.54) is 0 Å². The van der Waals surface area contributed by atoms with Crippen molar-refractivity contribution in [3.05, 3.63) is 39.0 Å². The summed E-state index contributed by atoms with van der Waals surface area (Å²) in [5.41, 5.74) is 2.17. The van der Waals surface area contributed by atoms with Crippen molar-refractivity contribution in [3.8, 4) is 0 Å². The van der Waals surface area contributed by atoms with E-state index in [1.807, 2.05) is 18.5 Å². The van der Waals surface area contributed by atoms with Crippen LogP contribution in [0.25, 0.3) is 0 Å². The fraction of sp³-hybridized carbons (Fsp3) is 0.533. The number of anilines is 1. The van der Waals surface area contributed by atoms with Crippen LogP contribution in [-0.2, 0) is 11.8 Å². The first kappa shape index (κ1) is 13.0. The van der Waals surface area contributed by atoms with Crippen molar-refractivity contribution in [1.82, 2.24) is 15.0 Å². The molecule has 3 heterocycles. The molecular formula is C15H18N4OS. The molecule has 0 saturated carbocycles. The smallest absolute Gasteiger partial charge is 0.254 e. The number of hydrogen-bond donors (Lipinski definition) is 1. The first-order chi connectivity index (χ1) is 10.2. The van der Waals surface area contributed by atoms with Crippen LogP contribution < -0.4 is 10.5 Å². The topological polar surface area (TPSA) is 61.9 Å². The second kappa shape index (κ2) is 4.66. The number of nitrogens with zero attached hydrogens (tertiary/aromatic N) is 3. The van der Waals surface area contributed by atoms with Gasteiger partial charge in [0.1, 0.15) is 5.82 Å². The molecule has 0 aromatic carbocycles. The third-order valence-corrected chi connectivity index (χ3v) is 5.73. The van der Waals surface area contributed by atoms with Crippen LogP contribution in [0, 0.1) is 6.92 Å². The van der Waals surface area contributed by atoms with Gasteiger partial charge in [-0.1, -0.05) is 0 Å².